The first-order chi connectivity index (χ1) is 8.52. The Bertz CT molecular complexity index is 399. The highest BCUT2D eigenvalue weighted by Gasteiger charge is 2.24. The summed E-state index contributed by atoms with van der Waals surface area (Å²) < 4.78 is 9.91. The fourth-order valence-electron chi connectivity index (χ4n) is 1.78. The first kappa shape index (κ1) is 14.3. The summed E-state index contributed by atoms with van der Waals surface area (Å²) in [5.41, 5.74) is 1.37. The Kier molecular flexibility index (Phi) is 4.95. The van der Waals surface area contributed by atoms with E-state index in [4.69, 9.17) is 9.47 Å². The predicted octanol–water partition coefficient (Wildman–Crippen LogP) is 2.49. The van der Waals surface area contributed by atoms with Gasteiger partial charge in [-0.2, -0.15) is 0 Å². The molecule has 1 heterocycles. The molecule has 0 atom stereocenters. The highest BCUT2D eigenvalue weighted by atomic mass is 16.5. The summed E-state index contributed by atoms with van der Waals surface area (Å²) in [4.78, 5) is 26.3. The van der Waals surface area contributed by atoms with E-state index in [9.17, 15) is 9.59 Å². The lowest BCUT2D eigenvalue weighted by molar-refractivity contribution is 0.0518. The third-order valence-electron chi connectivity index (χ3n) is 2.47. The Balaban J connectivity index is 3.14. The van der Waals surface area contributed by atoms with E-state index < -0.39 is 11.9 Å². The molecule has 5 nitrogen and oxygen atoms in total. The van der Waals surface area contributed by atoms with E-state index in [2.05, 4.69) is 4.98 Å². The molecule has 1 aromatic heterocycles. The standard InChI is InChI=1S/C13H19NO4/c1-5-17-12(15)9-7-14-11(10(9)8(3)4)13(16)18-6-2/h7-8,14H,5-6H2,1-4H3. The van der Waals surface area contributed by atoms with E-state index in [-0.39, 0.29) is 5.92 Å². The van der Waals surface area contributed by atoms with Crippen LogP contribution in [0.5, 0.6) is 0 Å². The van der Waals surface area contributed by atoms with Crippen LogP contribution in [0.25, 0.3) is 0 Å². The Morgan fingerprint density at radius 2 is 1.72 bits per heavy atom. The number of aromatic nitrogens is 1. The van der Waals surface area contributed by atoms with Gasteiger partial charge in [-0.05, 0) is 19.8 Å². The smallest absolute Gasteiger partial charge is 0.355 e. The lowest BCUT2D eigenvalue weighted by atomic mass is 9.99. The van der Waals surface area contributed by atoms with Crippen molar-refractivity contribution in [2.24, 2.45) is 0 Å². The van der Waals surface area contributed by atoms with Crippen molar-refractivity contribution in [3.63, 3.8) is 0 Å². The second kappa shape index (κ2) is 6.23. The summed E-state index contributed by atoms with van der Waals surface area (Å²) in [5, 5.41) is 0. The van der Waals surface area contributed by atoms with Crippen molar-refractivity contribution in [1.82, 2.24) is 4.98 Å². The van der Waals surface area contributed by atoms with Crippen LogP contribution in [0.3, 0.4) is 0 Å². The van der Waals surface area contributed by atoms with Gasteiger partial charge >= 0.3 is 11.9 Å². The number of nitrogens with one attached hydrogen (secondary N) is 1. The van der Waals surface area contributed by atoms with Gasteiger partial charge in [-0.15, -0.1) is 0 Å². The maximum absolute atomic E-state index is 11.8. The van der Waals surface area contributed by atoms with Crippen LogP contribution in [0, 0.1) is 0 Å². The molecule has 18 heavy (non-hydrogen) atoms. The second-order valence-corrected chi connectivity index (χ2v) is 4.09. The van der Waals surface area contributed by atoms with Gasteiger partial charge in [0.25, 0.3) is 0 Å². The largest absolute Gasteiger partial charge is 0.462 e. The Hall–Kier alpha value is -1.78. The highest BCUT2D eigenvalue weighted by Crippen LogP contribution is 2.25. The summed E-state index contributed by atoms with van der Waals surface area (Å²) in [6.07, 6.45) is 1.50. The molecule has 0 aromatic carbocycles. The molecule has 0 fully saturated rings. The van der Waals surface area contributed by atoms with Crippen molar-refractivity contribution >= 4 is 11.9 Å². The SMILES string of the molecule is CCOC(=O)c1c[nH]c(C(=O)OCC)c1C(C)C. The van der Waals surface area contributed by atoms with Gasteiger partial charge in [0.2, 0.25) is 0 Å². The molecule has 0 unspecified atom stereocenters. The zero-order valence-corrected chi connectivity index (χ0v) is 11.2. The third kappa shape index (κ3) is 2.91. The Morgan fingerprint density at radius 3 is 2.22 bits per heavy atom. The molecule has 5 heteroatoms. The van der Waals surface area contributed by atoms with E-state index in [1.54, 1.807) is 13.8 Å². The number of carbonyl (C=O) groups is 2. The molecule has 0 aliphatic carbocycles. The molecule has 1 N–H and O–H groups in total. The minimum absolute atomic E-state index is 0.0232. The number of aromatic amines is 1. The molecule has 0 radical (unpaired) electrons. The minimum Gasteiger partial charge on any atom is -0.462 e. The van der Waals surface area contributed by atoms with Crippen LogP contribution < -0.4 is 0 Å². The first-order valence-corrected chi connectivity index (χ1v) is 6.08. The maximum atomic E-state index is 11.8. The van der Waals surface area contributed by atoms with Gasteiger partial charge in [-0.25, -0.2) is 9.59 Å². The summed E-state index contributed by atoms with van der Waals surface area (Å²) >= 11 is 0. The molecule has 100 valence electrons. The normalized spacial score (nSPS) is 10.5. The van der Waals surface area contributed by atoms with Crippen LogP contribution in [0.2, 0.25) is 0 Å². The molecule has 0 saturated carbocycles. The van der Waals surface area contributed by atoms with Crippen molar-refractivity contribution < 1.29 is 19.1 Å². The summed E-state index contributed by atoms with van der Waals surface area (Å²) in [7, 11) is 0. The topological polar surface area (TPSA) is 68.4 Å². The lowest BCUT2D eigenvalue weighted by Crippen LogP contribution is -2.12. The summed E-state index contributed by atoms with van der Waals surface area (Å²) in [5.74, 6) is -0.847. The molecule has 0 spiro atoms. The van der Waals surface area contributed by atoms with Gasteiger partial charge < -0.3 is 14.5 Å². The minimum atomic E-state index is -0.447. The van der Waals surface area contributed by atoms with Crippen LogP contribution in [-0.2, 0) is 9.47 Å². The fourth-order valence-corrected chi connectivity index (χ4v) is 1.78. The van der Waals surface area contributed by atoms with E-state index in [0.717, 1.165) is 0 Å². The van der Waals surface area contributed by atoms with Gasteiger partial charge in [-0.3, -0.25) is 0 Å². The van der Waals surface area contributed by atoms with E-state index in [1.165, 1.54) is 6.20 Å². The van der Waals surface area contributed by atoms with Crippen LogP contribution >= 0.6 is 0 Å². The average Bonchev–Trinajstić information content (AvgIpc) is 2.74. The number of hydrogen-bond acceptors (Lipinski definition) is 4. The first-order valence-electron chi connectivity index (χ1n) is 6.08. The highest BCUT2D eigenvalue weighted by molar-refractivity contribution is 5.97. The Labute approximate surface area is 106 Å². The lowest BCUT2D eigenvalue weighted by Gasteiger charge is -2.09. The fraction of sp³-hybridized carbons (Fsp3) is 0.538. The van der Waals surface area contributed by atoms with Crippen LogP contribution in [-0.4, -0.2) is 30.1 Å². The number of rotatable bonds is 5. The van der Waals surface area contributed by atoms with Crippen molar-refractivity contribution in [3.8, 4) is 0 Å². The van der Waals surface area contributed by atoms with Gasteiger partial charge in [0, 0.05) is 11.8 Å². The van der Waals surface area contributed by atoms with Crippen molar-refractivity contribution in [2.45, 2.75) is 33.6 Å². The molecule has 0 saturated heterocycles. The number of H-pyrrole nitrogens is 1. The average molecular weight is 253 g/mol. The van der Waals surface area contributed by atoms with Gasteiger partial charge in [0.05, 0.1) is 18.8 Å². The number of hydrogen-bond donors (Lipinski definition) is 1. The summed E-state index contributed by atoms with van der Waals surface area (Å²) in [6.45, 7) is 7.90. The van der Waals surface area contributed by atoms with Gasteiger partial charge in [0.1, 0.15) is 5.69 Å². The molecular formula is C13H19NO4. The molecular weight excluding hydrogens is 234 g/mol. The quantitative estimate of drug-likeness (QED) is 0.818. The van der Waals surface area contributed by atoms with Gasteiger partial charge in [-0.1, -0.05) is 13.8 Å². The van der Waals surface area contributed by atoms with Crippen molar-refractivity contribution in [3.05, 3.63) is 23.0 Å². The maximum Gasteiger partial charge on any atom is 0.355 e. The van der Waals surface area contributed by atoms with Crippen molar-refractivity contribution in [1.29, 1.82) is 0 Å². The van der Waals surface area contributed by atoms with Crippen LogP contribution in [0.1, 0.15) is 60.0 Å². The van der Waals surface area contributed by atoms with E-state index in [0.29, 0.717) is 30.0 Å². The molecule has 0 aliphatic rings. The van der Waals surface area contributed by atoms with Crippen LogP contribution in [0.15, 0.2) is 6.20 Å². The number of esters is 2. The molecule has 1 rings (SSSR count). The van der Waals surface area contributed by atoms with Gasteiger partial charge in [0.15, 0.2) is 0 Å². The number of carbonyl (C=O) groups excluding carboxylic acids is 2. The third-order valence-corrected chi connectivity index (χ3v) is 2.47. The molecule has 0 aliphatic heterocycles. The second-order valence-electron chi connectivity index (χ2n) is 4.09. The zero-order chi connectivity index (χ0) is 13.7. The summed E-state index contributed by atoms with van der Waals surface area (Å²) in [6, 6.07) is 0. The molecule has 1 aromatic rings. The van der Waals surface area contributed by atoms with Crippen molar-refractivity contribution in [2.75, 3.05) is 13.2 Å². The van der Waals surface area contributed by atoms with Crippen LogP contribution in [0.4, 0.5) is 0 Å². The monoisotopic (exact) mass is 253 g/mol. The Morgan fingerprint density at radius 1 is 1.17 bits per heavy atom. The molecule has 0 amide bonds. The molecule has 0 bridgehead atoms. The van der Waals surface area contributed by atoms with E-state index >= 15 is 0 Å². The van der Waals surface area contributed by atoms with E-state index in [1.807, 2.05) is 13.8 Å². The predicted molar refractivity (Wildman–Crippen MR) is 66.8 cm³/mol. The zero-order valence-electron chi connectivity index (χ0n) is 11.2. The number of ether oxygens (including phenoxy) is 2.